The average Bonchev–Trinajstić information content (AvgIpc) is 3.14. The molecule has 2 aromatic heterocycles. The SMILES string of the molecule is CC(C)(C)c1ccc(-c2csc(NS(=O)(=O)c3cccc4cccnc34)n2)cc1. The maximum atomic E-state index is 12.9. The number of aromatic nitrogens is 2. The van der Waals surface area contributed by atoms with Crippen LogP contribution in [-0.2, 0) is 15.4 Å². The molecule has 0 fully saturated rings. The van der Waals surface area contributed by atoms with Gasteiger partial charge >= 0.3 is 0 Å². The van der Waals surface area contributed by atoms with Gasteiger partial charge in [0.05, 0.1) is 11.2 Å². The number of fused-ring (bicyclic) bond motifs is 1. The van der Waals surface area contributed by atoms with Crippen molar-refractivity contribution < 1.29 is 8.42 Å². The zero-order valence-electron chi connectivity index (χ0n) is 16.4. The fourth-order valence-corrected chi connectivity index (χ4v) is 5.21. The summed E-state index contributed by atoms with van der Waals surface area (Å²) in [6.45, 7) is 6.50. The number of sulfonamides is 1. The molecule has 2 heterocycles. The third-order valence-corrected chi connectivity index (χ3v) is 6.92. The van der Waals surface area contributed by atoms with Crippen molar-refractivity contribution in [3.05, 3.63) is 71.7 Å². The second-order valence-corrected chi connectivity index (χ2v) is 10.3. The van der Waals surface area contributed by atoms with Gasteiger partial charge in [0.2, 0.25) is 0 Å². The van der Waals surface area contributed by atoms with E-state index in [4.69, 9.17) is 0 Å². The van der Waals surface area contributed by atoms with E-state index in [-0.39, 0.29) is 10.3 Å². The van der Waals surface area contributed by atoms with Gasteiger partial charge in [-0.3, -0.25) is 9.71 Å². The number of pyridine rings is 1. The minimum atomic E-state index is -3.80. The van der Waals surface area contributed by atoms with Crippen molar-refractivity contribution >= 4 is 37.4 Å². The largest absolute Gasteiger partial charge is 0.265 e. The highest BCUT2D eigenvalue weighted by atomic mass is 32.2. The molecule has 0 saturated carbocycles. The molecule has 0 aliphatic carbocycles. The van der Waals surface area contributed by atoms with Gasteiger partial charge in [-0.05, 0) is 23.1 Å². The molecule has 0 spiro atoms. The first-order valence-electron chi connectivity index (χ1n) is 9.17. The highest BCUT2D eigenvalue weighted by Crippen LogP contribution is 2.30. The van der Waals surface area contributed by atoms with Crippen molar-refractivity contribution in [2.24, 2.45) is 0 Å². The second kappa shape index (κ2) is 7.24. The number of nitrogens with zero attached hydrogens (tertiary/aromatic N) is 2. The molecule has 7 heteroatoms. The third kappa shape index (κ3) is 4.02. The number of hydrogen-bond acceptors (Lipinski definition) is 5. The van der Waals surface area contributed by atoms with Gasteiger partial charge in [0, 0.05) is 22.5 Å². The summed E-state index contributed by atoms with van der Waals surface area (Å²) in [5, 5.41) is 2.95. The average molecular weight is 424 g/mol. The Hall–Kier alpha value is -2.77. The summed E-state index contributed by atoms with van der Waals surface area (Å²) in [6.07, 6.45) is 1.59. The van der Waals surface area contributed by atoms with Crippen molar-refractivity contribution in [3.63, 3.8) is 0 Å². The summed E-state index contributed by atoms with van der Waals surface area (Å²) in [5.74, 6) is 0. The van der Waals surface area contributed by atoms with Crippen LogP contribution in [-0.4, -0.2) is 18.4 Å². The first kappa shape index (κ1) is 19.5. The molecule has 0 radical (unpaired) electrons. The minimum Gasteiger partial charge on any atom is -0.255 e. The van der Waals surface area contributed by atoms with E-state index in [1.807, 2.05) is 29.6 Å². The molecule has 0 bridgehead atoms. The van der Waals surface area contributed by atoms with E-state index >= 15 is 0 Å². The Labute approximate surface area is 174 Å². The van der Waals surface area contributed by atoms with Crippen molar-refractivity contribution in [1.29, 1.82) is 0 Å². The van der Waals surface area contributed by atoms with Crippen molar-refractivity contribution in [2.45, 2.75) is 31.1 Å². The fourth-order valence-electron chi connectivity index (χ4n) is 3.06. The van der Waals surface area contributed by atoms with Crippen LogP contribution in [0.5, 0.6) is 0 Å². The van der Waals surface area contributed by atoms with E-state index in [1.165, 1.54) is 16.9 Å². The molecule has 2 aromatic carbocycles. The van der Waals surface area contributed by atoms with Crippen LogP contribution in [0.3, 0.4) is 0 Å². The summed E-state index contributed by atoms with van der Waals surface area (Å²) in [5.41, 5.74) is 3.45. The summed E-state index contributed by atoms with van der Waals surface area (Å²) < 4.78 is 28.5. The Bertz CT molecular complexity index is 1270. The minimum absolute atomic E-state index is 0.0773. The number of thiazole rings is 1. The molecule has 29 heavy (non-hydrogen) atoms. The van der Waals surface area contributed by atoms with E-state index in [1.54, 1.807) is 24.4 Å². The third-order valence-electron chi connectivity index (χ3n) is 4.66. The van der Waals surface area contributed by atoms with Gasteiger partial charge in [-0.2, -0.15) is 0 Å². The lowest BCUT2D eigenvalue weighted by molar-refractivity contribution is 0.590. The molecule has 5 nitrogen and oxygen atoms in total. The number of anilines is 1. The van der Waals surface area contributed by atoms with E-state index in [9.17, 15) is 8.42 Å². The van der Waals surface area contributed by atoms with Crippen LogP contribution in [0.4, 0.5) is 5.13 Å². The number of rotatable bonds is 4. The van der Waals surface area contributed by atoms with Crippen LogP contribution in [0.25, 0.3) is 22.2 Å². The zero-order chi connectivity index (χ0) is 20.6. The molecular formula is C22H21N3O2S2. The Morgan fingerprint density at radius 1 is 0.966 bits per heavy atom. The molecule has 0 atom stereocenters. The summed E-state index contributed by atoms with van der Waals surface area (Å²) in [4.78, 5) is 8.85. The zero-order valence-corrected chi connectivity index (χ0v) is 18.0. The van der Waals surface area contributed by atoms with E-state index in [0.717, 1.165) is 16.6 Å². The van der Waals surface area contributed by atoms with Gasteiger partial charge < -0.3 is 0 Å². The second-order valence-electron chi connectivity index (χ2n) is 7.80. The lowest BCUT2D eigenvalue weighted by atomic mass is 9.86. The fraction of sp³-hybridized carbons (Fsp3) is 0.182. The van der Waals surface area contributed by atoms with Gasteiger partial charge in [-0.25, -0.2) is 13.4 Å². The van der Waals surface area contributed by atoms with Crippen LogP contribution >= 0.6 is 11.3 Å². The summed E-state index contributed by atoms with van der Waals surface area (Å²) in [7, 11) is -3.80. The van der Waals surface area contributed by atoms with Gasteiger partial charge in [-0.15, -0.1) is 11.3 Å². The van der Waals surface area contributed by atoms with E-state index < -0.39 is 10.0 Å². The number of para-hydroxylation sites is 1. The molecule has 148 valence electrons. The van der Waals surface area contributed by atoms with Crippen molar-refractivity contribution in [1.82, 2.24) is 9.97 Å². The molecule has 0 saturated heterocycles. The Morgan fingerprint density at radius 3 is 2.41 bits per heavy atom. The van der Waals surface area contributed by atoms with Crippen molar-refractivity contribution in [2.75, 3.05) is 4.72 Å². The molecule has 0 amide bonds. The maximum Gasteiger partial charge on any atom is 0.265 e. The standard InChI is InChI=1S/C22H21N3O2S2/c1-22(2,3)17-11-9-15(10-12-17)18-14-28-21(24-18)25-29(26,27)19-8-4-6-16-7-5-13-23-20(16)19/h4-14H,1-3H3,(H,24,25). The Kier molecular flexibility index (Phi) is 4.88. The summed E-state index contributed by atoms with van der Waals surface area (Å²) in [6, 6.07) is 16.9. The normalized spacial score (nSPS) is 12.2. The van der Waals surface area contributed by atoms with Gasteiger partial charge in [0.15, 0.2) is 5.13 Å². The lowest BCUT2D eigenvalue weighted by Gasteiger charge is -2.18. The molecule has 0 unspecified atom stereocenters. The maximum absolute atomic E-state index is 12.9. The van der Waals surface area contributed by atoms with Crippen LogP contribution in [0.1, 0.15) is 26.3 Å². The molecule has 1 N–H and O–H groups in total. The molecule has 0 aliphatic rings. The predicted octanol–water partition coefficient (Wildman–Crippen LogP) is 5.46. The van der Waals surface area contributed by atoms with Crippen LogP contribution in [0.15, 0.2) is 71.1 Å². The molecule has 4 rings (SSSR count). The Balaban J connectivity index is 1.62. The highest BCUT2D eigenvalue weighted by Gasteiger charge is 2.20. The first-order chi connectivity index (χ1) is 13.7. The van der Waals surface area contributed by atoms with Crippen LogP contribution in [0.2, 0.25) is 0 Å². The summed E-state index contributed by atoms with van der Waals surface area (Å²) >= 11 is 1.26. The molecule has 0 aliphatic heterocycles. The predicted molar refractivity (Wildman–Crippen MR) is 119 cm³/mol. The smallest absolute Gasteiger partial charge is 0.255 e. The quantitative estimate of drug-likeness (QED) is 0.473. The topological polar surface area (TPSA) is 72.0 Å². The van der Waals surface area contributed by atoms with Crippen LogP contribution in [0, 0.1) is 0 Å². The molecule has 4 aromatic rings. The van der Waals surface area contributed by atoms with E-state index in [2.05, 4.69) is 47.6 Å². The monoisotopic (exact) mass is 423 g/mol. The Morgan fingerprint density at radius 2 is 1.69 bits per heavy atom. The van der Waals surface area contributed by atoms with Crippen LogP contribution < -0.4 is 4.72 Å². The number of benzene rings is 2. The van der Waals surface area contributed by atoms with Gasteiger partial charge in [0.25, 0.3) is 10.0 Å². The molecular weight excluding hydrogens is 402 g/mol. The number of nitrogens with one attached hydrogen (secondary N) is 1. The first-order valence-corrected chi connectivity index (χ1v) is 11.5. The van der Waals surface area contributed by atoms with E-state index in [0.29, 0.717) is 10.6 Å². The lowest BCUT2D eigenvalue weighted by Crippen LogP contribution is -2.13. The van der Waals surface area contributed by atoms with Crippen molar-refractivity contribution in [3.8, 4) is 11.3 Å². The highest BCUT2D eigenvalue weighted by molar-refractivity contribution is 7.93. The van der Waals surface area contributed by atoms with Gasteiger partial charge in [-0.1, -0.05) is 63.2 Å². The number of hydrogen-bond donors (Lipinski definition) is 1. The van der Waals surface area contributed by atoms with Gasteiger partial charge in [0.1, 0.15) is 4.90 Å².